The number of methoxy groups -OCH3 is 1. The molecule has 10 heteroatoms. The molecule has 0 aliphatic carbocycles. The summed E-state index contributed by atoms with van der Waals surface area (Å²) in [5.41, 5.74) is 1.89. The van der Waals surface area contributed by atoms with Crippen molar-refractivity contribution in [3.05, 3.63) is 52.5 Å². The van der Waals surface area contributed by atoms with Crippen molar-refractivity contribution >= 4 is 32.7 Å². The molecule has 0 unspecified atom stereocenters. The van der Waals surface area contributed by atoms with Crippen LogP contribution in [0.2, 0.25) is 0 Å². The van der Waals surface area contributed by atoms with Crippen molar-refractivity contribution in [2.45, 2.75) is 38.6 Å². The highest BCUT2D eigenvalue weighted by Gasteiger charge is 2.32. The number of ether oxygens (including phenoxy) is 1. The first-order chi connectivity index (χ1) is 16.1. The van der Waals surface area contributed by atoms with Crippen molar-refractivity contribution in [1.82, 2.24) is 8.87 Å². The van der Waals surface area contributed by atoms with Gasteiger partial charge in [-0.1, -0.05) is 19.9 Å². The summed E-state index contributed by atoms with van der Waals surface area (Å²) in [7, 11) is -2.22. The number of aromatic nitrogens is 1. The van der Waals surface area contributed by atoms with Crippen LogP contribution in [0, 0.1) is 18.8 Å². The first-order valence-electron chi connectivity index (χ1n) is 11.2. The quantitative estimate of drug-likeness (QED) is 0.572. The highest BCUT2D eigenvalue weighted by molar-refractivity contribution is 7.89. The molecule has 1 aliphatic rings. The van der Waals surface area contributed by atoms with Crippen LogP contribution in [0.15, 0.2) is 50.5 Å². The Morgan fingerprint density at radius 1 is 1.15 bits per heavy atom. The second-order valence-electron chi connectivity index (χ2n) is 9.10. The van der Waals surface area contributed by atoms with Crippen LogP contribution in [0.1, 0.15) is 25.8 Å². The number of fused-ring (bicyclic) bond motifs is 1. The molecule has 3 aromatic rings. The molecule has 1 aromatic heterocycles. The zero-order valence-electron chi connectivity index (χ0n) is 19.7. The summed E-state index contributed by atoms with van der Waals surface area (Å²) >= 11 is 0. The number of hydrogen-bond donors (Lipinski definition) is 1. The van der Waals surface area contributed by atoms with Crippen LogP contribution in [0.5, 0.6) is 5.75 Å². The van der Waals surface area contributed by atoms with Gasteiger partial charge in [-0.15, -0.1) is 0 Å². The zero-order chi connectivity index (χ0) is 24.6. The van der Waals surface area contributed by atoms with Gasteiger partial charge < -0.3 is 14.5 Å². The van der Waals surface area contributed by atoms with E-state index in [4.69, 9.17) is 9.15 Å². The molecule has 2 aromatic carbocycles. The third kappa shape index (κ3) is 4.74. The lowest BCUT2D eigenvalue weighted by atomic mass is 9.94. The average molecular weight is 488 g/mol. The van der Waals surface area contributed by atoms with Crippen molar-refractivity contribution in [1.29, 1.82) is 0 Å². The normalized spacial score (nSPS) is 19.3. The molecule has 2 atom stereocenters. The number of benzene rings is 2. The Labute approximate surface area is 198 Å². The van der Waals surface area contributed by atoms with E-state index in [0.717, 1.165) is 12.0 Å². The minimum absolute atomic E-state index is 0.0659. The van der Waals surface area contributed by atoms with Crippen LogP contribution in [-0.2, 0) is 21.4 Å². The van der Waals surface area contributed by atoms with Gasteiger partial charge in [-0.2, -0.15) is 4.31 Å². The van der Waals surface area contributed by atoms with Crippen LogP contribution < -0.4 is 15.8 Å². The molecule has 1 N–H and O–H groups in total. The number of piperidine rings is 1. The van der Waals surface area contributed by atoms with E-state index in [1.54, 1.807) is 12.1 Å². The van der Waals surface area contributed by atoms with E-state index in [1.165, 1.54) is 34.2 Å². The standard InChI is InChI=1S/C24H29N3O6S/c1-15-5-8-21(32-4)19(10-15)25-23(28)14-27-20-7-6-18(11-22(20)33-24(27)29)34(30,31)26-12-16(2)9-17(3)13-26/h5-8,10-11,16-17H,9,12-14H2,1-4H3,(H,25,28)/t16-,17+. The zero-order valence-corrected chi connectivity index (χ0v) is 20.5. The Bertz CT molecular complexity index is 1380. The lowest BCUT2D eigenvalue weighted by Crippen LogP contribution is -2.42. The summed E-state index contributed by atoms with van der Waals surface area (Å²) < 4.78 is 39.7. The summed E-state index contributed by atoms with van der Waals surface area (Å²) in [5, 5.41) is 2.75. The van der Waals surface area contributed by atoms with Gasteiger partial charge in [0.2, 0.25) is 15.9 Å². The first kappa shape index (κ1) is 24.0. The molecular formula is C24H29N3O6S. The van der Waals surface area contributed by atoms with Gasteiger partial charge in [0, 0.05) is 19.2 Å². The molecule has 4 rings (SSSR count). The topological polar surface area (TPSA) is 111 Å². The maximum absolute atomic E-state index is 13.2. The fourth-order valence-electron chi connectivity index (χ4n) is 4.56. The number of sulfonamides is 1. The van der Waals surface area contributed by atoms with Crippen LogP contribution in [0.4, 0.5) is 5.69 Å². The molecule has 182 valence electrons. The number of amides is 1. The van der Waals surface area contributed by atoms with Gasteiger partial charge in [0.15, 0.2) is 5.58 Å². The van der Waals surface area contributed by atoms with Crippen molar-refractivity contribution in [2.24, 2.45) is 11.8 Å². The van der Waals surface area contributed by atoms with E-state index in [2.05, 4.69) is 5.32 Å². The predicted octanol–water partition coefficient (Wildman–Crippen LogP) is 3.22. The number of nitrogens with one attached hydrogen (secondary N) is 1. The Morgan fingerprint density at radius 3 is 2.53 bits per heavy atom. The molecular weight excluding hydrogens is 458 g/mol. The van der Waals surface area contributed by atoms with Gasteiger partial charge in [-0.05, 0) is 55.0 Å². The number of rotatable bonds is 6. The minimum atomic E-state index is -3.73. The number of aryl methyl sites for hydroxylation is 1. The number of oxazole rings is 1. The first-order valence-corrected chi connectivity index (χ1v) is 12.6. The highest BCUT2D eigenvalue weighted by Crippen LogP contribution is 2.28. The van der Waals surface area contributed by atoms with E-state index in [9.17, 15) is 18.0 Å². The second-order valence-corrected chi connectivity index (χ2v) is 11.0. The molecule has 0 bridgehead atoms. The van der Waals surface area contributed by atoms with E-state index >= 15 is 0 Å². The maximum Gasteiger partial charge on any atom is 0.420 e. The van der Waals surface area contributed by atoms with Gasteiger partial charge in [0.25, 0.3) is 0 Å². The summed E-state index contributed by atoms with van der Waals surface area (Å²) in [6.45, 7) is 6.59. The summed E-state index contributed by atoms with van der Waals surface area (Å²) in [6.07, 6.45) is 0.985. The highest BCUT2D eigenvalue weighted by atomic mass is 32.2. The largest absolute Gasteiger partial charge is 0.495 e. The van der Waals surface area contributed by atoms with Crippen molar-refractivity contribution < 1.29 is 22.4 Å². The molecule has 9 nitrogen and oxygen atoms in total. The van der Waals surface area contributed by atoms with E-state index < -0.39 is 21.7 Å². The Kier molecular flexibility index (Phi) is 6.55. The minimum Gasteiger partial charge on any atom is -0.495 e. The predicted molar refractivity (Wildman–Crippen MR) is 129 cm³/mol. The van der Waals surface area contributed by atoms with Gasteiger partial charge in [0.1, 0.15) is 12.3 Å². The number of carbonyl (C=O) groups excluding carboxylic acids is 1. The molecule has 0 spiro atoms. The van der Waals surface area contributed by atoms with Crippen LogP contribution >= 0.6 is 0 Å². The fraction of sp³-hybridized carbons (Fsp3) is 0.417. The molecule has 0 saturated carbocycles. The van der Waals surface area contributed by atoms with Gasteiger partial charge in [-0.3, -0.25) is 9.36 Å². The fourth-order valence-corrected chi connectivity index (χ4v) is 6.26. The smallest absolute Gasteiger partial charge is 0.420 e. The lowest BCUT2D eigenvalue weighted by Gasteiger charge is -2.34. The lowest BCUT2D eigenvalue weighted by molar-refractivity contribution is -0.116. The Hall–Kier alpha value is -3.11. The summed E-state index contributed by atoms with van der Waals surface area (Å²) in [6, 6.07) is 9.69. The third-order valence-corrected chi connectivity index (χ3v) is 7.87. The van der Waals surface area contributed by atoms with Crippen LogP contribution in [0.3, 0.4) is 0 Å². The number of carbonyl (C=O) groups is 1. The molecule has 34 heavy (non-hydrogen) atoms. The Morgan fingerprint density at radius 2 is 1.85 bits per heavy atom. The monoisotopic (exact) mass is 487 g/mol. The number of anilines is 1. The molecule has 1 aliphatic heterocycles. The van der Waals surface area contributed by atoms with Crippen LogP contribution in [0.25, 0.3) is 11.1 Å². The maximum atomic E-state index is 13.2. The van der Waals surface area contributed by atoms with E-state index in [-0.39, 0.29) is 28.9 Å². The van der Waals surface area contributed by atoms with Crippen molar-refractivity contribution in [3.8, 4) is 5.75 Å². The van der Waals surface area contributed by atoms with E-state index in [1.807, 2.05) is 26.8 Å². The molecule has 1 amide bonds. The number of hydrogen-bond acceptors (Lipinski definition) is 6. The molecule has 1 saturated heterocycles. The van der Waals surface area contributed by atoms with Gasteiger partial charge >= 0.3 is 5.76 Å². The Balaban J connectivity index is 1.59. The average Bonchev–Trinajstić information content (AvgIpc) is 3.07. The molecule has 1 fully saturated rings. The molecule has 2 heterocycles. The van der Waals surface area contributed by atoms with Crippen LogP contribution in [-0.4, -0.2) is 43.4 Å². The molecule has 0 radical (unpaired) electrons. The van der Waals surface area contributed by atoms with Gasteiger partial charge in [0.05, 0.1) is 23.2 Å². The van der Waals surface area contributed by atoms with Crippen molar-refractivity contribution in [2.75, 3.05) is 25.5 Å². The van der Waals surface area contributed by atoms with E-state index in [0.29, 0.717) is 30.0 Å². The SMILES string of the molecule is COc1ccc(C)cc1NC(=O)Cn1c(=O)oc2cc(S(=O)(=O)N3C[C@H](C)C[C@H](C)C3)ccc21. The van der Waals surface area contributed by atoms with Crippen molar-refractivity contribution in [3.63, 3.8) is 0 Å². The third-order valence-electron chi connectivity index (χ3n) is 6.04. The van der Waals surface area contributed by atoms with Gasteiger partial charge in [-0.25, -0.2) is 13.2 Å². The summed E-state index contributed by atoms with van der Waals surface area (Å²) in [4.78, 5) is 25.2. The summed E-state index contributed by atoms with van der Waals surface area (Å²) in [5.74, 6) is -0.143. The number of nitrogens with zero attached hydrogens (tertiary/aromatic N) is 2. The second kappa shape index (κ2) is 9.27.